The Bertz CT molecular complexity index is 855. The Morgan fingerprint density at radius 2 is 1.26 bits per heavy atom. The Morgan fingerprint density at radius 1 is 0.698 bits per heavy atom. The molecule has 0 saturated heterocycles. The van der Waals surface area contributed by atoms with Gasteiger partial charge in [-0.2, -0.15) is 0 Å². The van der Waals surface area contributed by atoms with Crippen molar-refractivity contribution in [2.75, 3.05) is 46.1 Å². The van der Waals surface area contributed by atoms with Crippen LogP contribution in [0.2, 0.25) is 0 Å². The quantitative estimate of drug-likeness (QED) is 0.0803. The third kappa shape index (κ3) is 23.2. The Morgan fingerprint density at radius 3 is 1.88 bits per heavy atom. The number of nitrogens with one attached hydrogen (secondary N) is 2. The first kappa shape index (κ1) is 38.0. The maximum atomic E-state index is 11.9. The van der Waals surface area contributed by atoms with E-state index < -0.39 is 5.97 Å². The van der Waals surface area contributed by atoms with Crippen molar-refractivity contribution in [2.45, 2.75) is 103 Å². The van der Waals surface area contributed by atoms with Gasteiger partial charge in [0.2, 0.25) is 11.8 Å². The lowest BCUT2D eigenvalue weighted by Gasteiger charge is -2.16. The topological polar surface area (TPSA) is 134 Å². The zero-order chi connectivity index (χ0) is 31.4. The van der Waals surface area contributed by atoms with Crippen LogP contribution in [-0.2, 0) is 28.7 Å². The maximum Gasteiger partial charge on any atom is 0.303 e. The van der Waals surface area contributed by atoms with Crippen LogP contribution in [-0.4, -0.2) is 79.8 Å². The van der Waals surface area contributed by atoms with Crippen molar-refractivity contribution < 1.29 is 33.8 Å². The molecule has 0 aromatic heterocycles. The highest BCUT2D eigenvalue weighted by Gasteiger charge is 2.19. The molecule has 10 nitrogen and oxygen atoms in total. The van der Waals surface area contributed by atoms with Crippen molar-refractivity contribution in [2.24, 2.45) is 0 Å². The van der Waals surface area contributed by atoms with Crippen LogP contribution in [0.5, 0.6) is 0 Å². The summed E-state index contributed by atoms with van der Waals surface area (Å²) in [4.78, 5) is 47.3. The van der Waals surface area contributed by atoms with E-state index in [1.807, 2.05) is 0 Å². The normalized spacial score (nSPS) is 12.9. The summed E-state index contributed by atoms with van der Waals surface area (Å²) in [6, 6.07) is 0. The number of aliphatic carboxylic acids is 1. The summed E-state index contributed by atoms with van der Waals surface area (Å²) in [6.45, 7) is 6.65. The van der Waals surface area contributed by atoms with Crippen molar-refractivity contribution >= 4 is 23.7 Å². The van der Waals surface area contributed by atoms with E-state index in [4.69, 9.17) is 14.6 Å². The van der Waals surface area contributed by atoms with Crippen LogP contribution in [0.15, 0.2) is 36.6 Å². The van der Waals surface area contributed by atoms with Crippen LogP contribution in [0, 0.1) is 0 Å². The number of unbranched alkanes of at least 4 members (excludes halogenated alkanes) is 11. The number of carboxylic acids is 1. The largest absolute Gasteiger partial charge is 0.481 e. The number of allylic oxidation sites excluding steroid dienone is 3. The first-order valence-corrected chi connectivity index (χ1v) is 16.1. The Hall–Kier alpha value is -2.98. The van der Waals surface area contributed by atoms with E-state index in [9.17, 15) is 19.2 Å². The SMILES string of the molecule is C=C1C=CC(=O)N1CCC(=O)NCCOCCOCCC(=O)NCCCCCCCC/C=C\CCCCCCCC(=O)O. The lowest BCUT2D eigenvalue weighted by atomic mass is 10.1. The molecule has 1 rings (SSSR count). The molecule has 0 bridgehead atoms. The first-order chi connectivity index (χ1) is 20.9. The smallest absolute Gasteiger partial charge is 0.303 e. The van der Waals surface area contributed by atoms with Gasteiger partial charge in [-0.15, -0.1) is 0 Å². The number of ether oxygens (including phenoxy) is 2. The van der Waals surface area contributed by atoms with Crippen LogP contribution < -0.4 is 10.6 Å². The molecule has 0 atom stereocenters. The van der Waals surface area contributed by atoms with Gasteiger partial charge in [-0.3, -0.25) is 19.2 Å². The number of carbonyl (C=O) groups is 4. The summed E-state index contributed by atoms with van der Waals surface area (Å²) in [6.07, 6.45) is 23.1. The summed E-state index contributed by atoms with van der Waals surface area (Å²) >= 11 is 0. The minimum Gasteiger partial charge on any atom is -0.481 e. The summed E-state index contributed by atoms with van der Waals surface area (Å²) < 4.78 is 10.9. The molecule has 0 radical (unpaired) electrons. The second-order valence-electron chi connectivity index (χ2n) is 10.8. The average molecular weight is 606 g/mol. The molecule has 3 amide bonds. The van der Waals surface area contributed by atoms with E-state index in [0.29, 0.717) is 64.6 Å². The summed E-state index contributed by atoms with van der Waals surface area (Å²) in [5.41, 5.74) is 0.601. The number of rotatable bonds is 29. The molecule has 1 aliphatic heterocycles. The zero-order valence-electron chi connectivity index (χ0n) is 26.1. The molecule has 0 fully saturated rings. The minimum atomic E-state index is -0.694. The number of carbonyl (C=O) groups excluding carboxylic acids is 3. The molecule has 0 aliphatic carbocycles. The van der Waals surface area contributed by atoms with E-state index >= 15 is 0 Å². The van der Waals surface area contributed by atoms with E-state index in [1.54, 1.807) is 6.08 Å². The molecule has 0 unspecified atom stereocenters. The van der Waals surface area contributed by atoms with Crippen molar-refractivity contribution in [3.8, 4) is 0 Å². The lowest BCUT2D eigenvalue weighted by Crippen LogP contribution is -2.32. The highest BCUT2D eigenvalue weighted by atomic mass is 16.5. The van der Waals surface area contributed by atoms with Crippen LogP contribution >= 0.6 is 0 Å². The van der Waals surface area contributed by atoms with Crippen LogP contribution in [0.25, 0.3) is 0 Å². The van der Waals surface area contributed by atoms with Gasteiger partial charge in [0.15, 0.2) is 0 Å². The van der Waals surface area contributed by atoms with Crippen molar-refractivity contribution in [1.29, 1.82) is 0 Å². The van der Waals surface area contributed by atoms with Gasteiger partial charge < -0.3 is 30.1 Å². The molecule has 0 spiro atoms. The Kier molecular flexibility index (Phi) is 23.6. The fourth-order valence-corrected chi connectivity index (χ4v) is 4.51. The van der Waals surface area contributed by atoms with Gasteiger partial charge in [0, 0.05) is 50.7 Å². The van der Waals surface area contributed by atoms with Crippen LogP contribution in [0.3, 0.4) is 0 Å². The molecule has 43 heavy (non-hydrogen) atoms. The molecule has 244 valence electrons. The molecule has 0 aromatic carbocycles. The molecule has 0 aromatic rings. The molecular formula is C33H55N3O7. The third-order valence-electron chi connectivity index (χ3n) is 7.06. The van der Waals surface area contributed by atoms with Gasteiger partial charge in [-0.05, 0) is 44.6 Å². The third-order valence-corrected chi connectivity index (χ3v) is 7.06. The van der Waals surface area contributed by atoms with Gasteiger partial charge in [0.1, 0.15) is 0 Å². The van der Waals surface area contributed by atoms with Gasteiger partial charge in [0.25, 0.3) is 5.91 Å². The van der Waals surface area contributed by atoms with Crippen molar-refractivity contribution in [3.63, 3.8) is 0 Å². The predicted octanol–water partition coefficient (Wildman–Crippen LogP) is 5.05. The minimum absolute atomic E-state index is 0.00332. The number of carboxylic acid groups (broad SMARTS) is 1. The number of amides is 3. The van der Waals surface area contributed by atoms with Crippen LogP contribution in [0.4, 0.5) is 0 Å². The lowest BCUT2D eigenvalue weighted by molar-refractivity contribution is -0.137. The highest BCUT2D eigenvalue weighted by Crippen LogP contribution is 2.13. The predicted molar refractivity (Wildman–Crippen MR) is 168 cm³/mol. The number of hydrogen-bond acceptors (Lipinski definition) is 6. The highest BCUT2D eigenvalue weighted by molar-refractivity contribution is 5.93. The molecule has 1 heterocycles. The van der Waals surface area contributed by atoms with E-state index in [-0.39, 0.29) is 24.1 Å². The standard InChI is InChI=1S/C33H55N3O7/c1-29-18-19-32(39)36(29)24-20-30(37)35-23-26-43-28-27-42-25-21-31(38)34-22-16-14-12-10-8-6-4-2-3-5-7-9-11-13-15-17-33(40)41/h2-3,18-19H,1,4-17,20-28H2,(H,34,38)(H,35,37)(H,40,41)/b3-2-. The maximum absolute atomic E-state index is 11.9. The summed E-state index contributed by atoms with van der Waals surface area (Å²) in [5.74, 6) is -0.988. The Balaban J connectivity index is 1.76. The first-order valence-electron chi connectivity index (χ1n) is 16.1. The fourth-order valence-electron chi connectivity index (χ4n) is 4.51. The molecule has 10 heteroatoms. The average Bonchev–Trinajstić information content (AvgIpc) is 3.30. The second kappa shape index (κ2) is 26.6. The molecule has 3 N–H and O–H groups in total. The van der Waals surface area contributed by atoms with Crippen molar-refractivity contribution in [1.82, 2.24) is 15.5 Å². The number of hydrogen-bond donors (Lipinski definition) is 3. The zero-order valence-corrected chi connectivity index (χ0v) is 26.1. The molecular weight excluding hydrogens is 550 g/mol. The van der Waals surface area contributed by atoms with E-state index in [2.05, 4.69) is 29.4 Å². The van der Waals surface area contributed by atoms with E-state index in [1.165, 1.54) is 49.5 Å². The van der Waals surface area contributed by atoms with Crippen molar-refractivity contribution in [3.05, 3.63) is 36.6 Å². The summed E-state index contributed by atoms with van der Waals surface area (Å²) in [5, 5.41) is 14.3. The Labute approximate surface area is 258 Å². The molecule has 0 saturated carbocycles. The van der Waals surface area contributed by atoms with Gasteiger partial charge in [0.05, 0.1) is 26.4 Å². The van der Waals surface area contributed by atoms with Gasteiger partial charge >= 0.3 is 5.97 Å². The fraction of sp³-hybridized carbons (Fsp3) is 0.697. The van der Waals surface area contributed by atoms with Gasteiger partial charge in [-0.1, -0.05) is 63.7 Å². The van der Waals surface area contributed by atoms with Gasteiger partial charge in [-0.25, -0.2) is 0 Å². The number of nitrogens with zero attached hydrogens (tertiary/aromatic N) is 1. The second-order valence-corrected chi connectivity index (χ2v) is 10.8. The monoisotopic (exact) mass is 605 g/mol. The summed E-state index contributed by atoms with van der Waals surface area (Å²) in [7, 11) is 0. The van der Waals surface area contributed by atoms with Crippen LogP contribution in [0.1, 0.15) is 103 Å². The molecule has 1 aliphatic rings. The van der Waals surface area contributed by atoms with E-state index in [0.717, 1.165) is 44.9 Å².